The van der Waals surface area contributed by atoms with E-state index in [2.05, 4.69) is 71.3 Å². The molecule has 3 aromatic rings. The number of hydrogen-bond acceptors (Lipinski definition) is 0. The van der Waals surface area contributed by atoms with Crippen LogP contribution in [0.5, 0.6) is 0 Å². The molecule has 0 fully saturated rings. The van der Waals surface area contributed by atoms with E-state index in [0.29, 0.717) is 0 Å². The molecule has 1 aromatic heterocycles. The summed E-state index contributed by atoms with van der Waals surface area (Å²) in [5, 5.41) is 4.10. The number of nitrogens with zero attached hydrogens (tertiary/aromatic N) is 1. The van der Waals surface area contributed by atoms with Crippen molar-refractivity contribution in [2.24, 2.45) is 0 Å². The van der Waals surface area contributed by atoms with Gasteiger partial charge in [-0.15, -0.1) is 0 Å². The van der Waals surface area contributed by atoms with Crippen LogP contribution < -0.4 is 10.6 Å². The largest absolute Gasteiger partial charge is 0.310 e. The number of aromatic nitrogens is 1. The lowest BCUT2D eigenvalue weighted by molar-refractivity contribution is 1.02. The van der Waals surface area contributed by atoms with Crippen LogP contribution in [0.4, 0.5) is 0 Å². The highest BCUT2D eigenvalue weighted by molar-refractivity contribution is 5.84. The first-order valence-electron chi connectivity index (χ1n) is 6.80. The van der Waals surface area contributed by atoms with E-state index in [1.54, 1.807) is 0 Å². The van der Waals surface area contributed by atoms with Gasteiger partial charge in [-0.1, -0.05) is 48.6 Å². The van der Waals surface area contributed by atoms with E-state index in [0.717, 1.165) is 12.8 Å². The minimum Gasteiger partial charge on any atom is -0.310 e. The smallest absolute Gasteiger partial charge is 0.0540 e. The number of fused-ring (bicyclic) bond motifs is 3. The molecule has 0 aliphatic heterocycles. The summed E-state index contributed by atoms with van der Waals surface area (Å²) in [6.45, 7) is 0. The Hall–Kier alpha value is -2.28. The monoisotopic (exact) mass is 245 g/mol. The molecule has 0 unspecified atom stereocenters. The minimum atomic E-state index is 1.14. The molecule has 0 amide bonds. The third-order valence-corrected chi connectivity index (χ3v) is 3.82. The molecule has 0 saturated heterocycles. The van der Waals surface area contributed by atoms with Crippen molar-refractivity contribution in [1.29, 1.82) is 0 Å². The van der Waals surface area contributed by atoms with Gasteiger partial charge < -0.3 is 4.57 Å². The summed E-state index contributed by atoms with van der Waals surface area (Å²) in [6, 6.07) is 19.3. The highest BCUT2D eigenvalue weighted by Gasteiger charge is 2.09. The Morgan fingerprint density at radius 1 is 0.737 bits per heavy atom. The normalized spacial score (nSPS) is 13.7. The van der Waals surface area contributed by atoms with E-state index in [1.807, 2.05) is 0 Å². The standard InChI is InChI=1S/C18H15N/c1-2-8-14(9-3-1)19-17-12-6-4-10-15(17)16-11-5-7-13-18(16)19/h1-4,6,8-13H,5,7H2. The molecule has 1 heteroatoms. The summed E-state index contributed by atoms with van der Waals surface area (Å²) in [5.41, 5.74) is 2.54. The number of para-hydroxylation sites is 2. The number of hydrogen-bond donors (Lipinski definition) is 0. The van der Waals surface area contributed by atoms with Gasteiger partial charge in [0.25, 0.3) is 0 Å². The molecule has 0 N–H and O–H groups in total. The molecule has 4 rings (SSSR count). The first kappa shape index (κ1) is 10.6. The van der Waals surface area contributed by atoms with Crippen LogP contribution in [0.25, 0.3) is 28.7 Å². The second-order valence-electron chi connectivity index (χ2n) is 4.97. The topological polar surface area (TPSA) is 4.93 Å². The molecule has 92 valence electrons. The highest BCUT2D eigenvalue weighted by Crippen LogP contribution is 2.15. The van der Waals surface area contributed by atoms with E-state index < -0.39 is 0 Å². The van der Waals surface area contributed by atoms with E-state index in [-0.39, 0.29) is 0 Å². The Bertz CT molecular complexity index is 854. The molecule has 1 aliphatic rings. The summed E-state index contributed by atoms with van der Waals surface area (Å²) in [5.74, 6) is 0. The van der Waals surface area contributed by atoms with Gasteiger partial charge in [0, 0.05) is 21.6 Å². The van der Waals surface area contributed by atoms with Gasteiger partial charge in [-0.2, -0.15) is 0 Å². The van der Waals surface area contributed by atoms with Gasteiger partial charge in [0.2, 0.25) is 0 Å². The second-order valence-corrected chi connectivity index (χ2v) is 4.97. The lowest BCUT2D eigenvalue weighted by Crippen LogP contribution is -2.30. The van der Waals surface area contributed by atoms with Crippen molar-refractivity contribution >= 4 is 23.1 Å². The molecule has 0 radical (unpaired) electrons. The lowest BCUT2D eigenvalue weighted by Gasteiger charge is -2.06. The summed E-state index contributed by atoms with van der Waals surface area (Å²) in [4.78, 5) is 0. The van der Waals surface area contributed by atoms with Crippen molar-refractivity contribution in [2.45, 2.75) is 12.8 Å². The van der Waals surface area contributed by atoms with Gasteiger partial charge in [0.15, 0.2) is 0 Å². The quantitative estimate of drug-likeness (QED) is 0.621. The molecule has 1 heterocycles. The van der Waals surface area contributed by atoms with Crippen LogP contribution in [-0.2, 0) is 0 Å². The predicted octanol–water partition coefficient (Wildman–Crippen LogP) is 2.99. The van der Waals surface area contributed by atoms with E-state index in [1.165, 1.54) is 27.2 Å². The van der Waals surface area contributed by atoms with Crippen molar-refractivity contribution < 1.29 is 0 Å². The zero-order chi connectivity index (χ0) is 12.7. The van der Waals surface area contributed by atoms with Gasteiger partial charge in [-0.25, -0.2) is 0 Å². The first-order valence-corrected chi connectivity index (χ1v) is 6.80. The maximum absolute atomic E-state index is 2.38. The molecule has 0 saturated carbocycles. The van der Waals surface area contributed by atoms with E-state index >= 15 is 0 Å². The van der Waals surface area contributed by atoms with Crippen molar-refractivity contribution in [3.8, 4) is 5.69 Å². The predicted molar refractivity (Wildman–Crippen MR) is 80.7 cm³/mol. The third-order valence-electron chi connectivity index (χ3n) is 3.82. The first-order chi connectivity index (χ1) is 9.45. The van der Waals surface area contributed by atoms with Gasteiger partial charge in [0.05, 0.1) is 5.52 Å². The zero-order valence-corrected chi connectivity index (χ0v) is 10.7. The molecule has 0 bridgehead atoms. The van der Waals surface area contributed by atoms with E-state index in [4.69, 9.17) is 0 Å². The fourth-order valence-corrected chi connectivity index (χ4v) is 3.00. The fraction of sp³-hybridized carbons (Fsp3) is 0.111. The maximum Gasteiger partial charge on any atom is 0.0540 e. The minimum absolute atomic E-state index is 1.14. The molecule has 19 heavy (non-hydrogen) atoms. The SMILES string of the molecule is C1=c2c(n(-c3ccccc3)c3ccccc23)=CCC1. The fourth-order valence-electron chi connectivity index (χ4n) is 3.00. The Labute approximate surface area is 112 Å². The molecule has 0 atom stereocenters. The van der Waals surface area contributed by atoms with Crippen LogP contribution >= 0.6 is 0 Å². The molecular weight excluding hydrogens is 230 g/mol. The maximum atomic E-state index is 2.38. The van der Waals surface area contributed by atoms with Gasteiger partial charge in [-0.3, -0.25) is 0 Å². The Kier molecular flexibility index (Phi) is 2.31. The summed E-state index contributed by atoms with van der Waals surface area (Å²) in [7, 11) is 0. The number of benzene rings is 2. The van der Waals surface area contributed by atoms with Crippen molar-refractivity contribution in [2.75, 3.05) is 0 Å². The average Bonchev–Trinajstić information content (AvgIpc) is 2.83. The van der Waals surface area contributed by atoms with Crippen LogP contribution in [-0.4, -0.2) is 4.57 Å². The van der Waals surface area contributed by atoms with Gasteiger partial charge in [-0.05, 0) is 31.0 Å². The molecule has 2 aromatic carbocycles. The van der Waals surface area contributed by atoms with Crippen molar-refractivity contribution in [3.05, 3.63) is 65.2 Å². The molecular formula is C18H15N. The van der Waals surface area contributed by atoms with Crippen LogP contribution in [0.15, 0.2) is 54.6 Å². The molecule has 1 aliphatic carbocycles. The van der Waals surface area contributed by atoms with Crippen molar-refractivity contribution in [3.63, 3.8) is 0 Å². The molecule has 0 spiro atoms. The van der Waals surface area contributed by atoms with Crippen LogP contribution in [0.1, 0.15) is 12.8 Å². The average molecular weight is 245 g/mol. The number of rotatable bonds is 1. The van der Waals surface area contributed by atoms with Gasteiger partial charge >= 0.3 is 0 Å². The lowest BCUT2D eigenvalue weighted by atomic mass is 10.1. The second kappa shape index (κ2) is 4.13. The highest BCUT2D eigenvalue weighted by atomic mass is 15.0. The van der Waals surface area contributed by atoms with Crippen molar-refractivity contribution in [1.82, 2.24) is 4.57 Å². The summed E-state index contributed by atoms with van der Waals surface area (Å²) < 4.78 is 2.38. The Morgan fingerprint density at radius 2 is 1.47 bits per heavy atom. The Morgan fingerprint density at radius 3 is 2.37 bits per heavy atom. The van der Waals surface area contributed by atoms with Crippen LogP contribution in [0.3, 0.4) is 0 Å². The summed E-state index contributed by atoms with van der Waals surface area (Å²) in [6.07, 6.45) is 7.02. The van der Waals surface area contributed by atoms with Crippen LogP contribution in [0.2, 0.25) is 0 Å². The Balaban J connectivity index is 2.23. The van der Waals surface area contributed by atoms with Gasteiger partial charge in [0.1, 0.15) is 0 Å². The third kappa shape index (κ3) is 1.55. The molecule has 1 nitrogen and oxygen atoms in total. The summed E-state index contributed by atoms with van der Waals surface area (Å²) >= 11 is 0. The zero-order valence-electron chi connectivity index (χ0n) is 10.7. The van der Waals surface area contributed by atoms with Crippen LogP contribution in [0, 0.1) is 0 Å². The van der Waals surface area contributed by atoms with E-state index in [9.17, 15) is 0 Å².